The molecular weight excluding hydrogens is 198 g/mol. The minimum absolute atomic E-state index is 0.287. The average Bonchev–Trinajstić information content (AvgIpc) is 2.34. The molecule has 3 nitrogen and oxygen atoms in total. The van der Waals surface area contributed by atoms with Gasteiger partial charge in [0, 0.05) is 18.4 Å². The second-order valence-corrected chi connectivity index (χ2v) is 4.94. The van der Waals surface area contributed by atoms with Crippen molar-refractivity contribution in [3.8, 4) is 0 Å². The standard InChI is InChI=1S/C13H21N3/c1-10-2-4-11(5-3-10)13(16-14)12-6-8-15-9-7-12/h6-11,13,16H,2-5,14H2,1H3. The van der Waals surface area contributed by atoms with Crippen LogP contribution < -0.4 is 11.3 Å². The van der Waals surface area contributed by atoms with Gasteiger partial charge in [-0.1, -0.05) is 19.8 Å². The minimum atomic E-state index is 0.287. The first-order valence-corrected chi connectivity index (χ1v) is 6.17. The zero-order valence-corrected chi connectivity index (χ0v) is 9.89. The van der Waals surface area contributed by atoms with Crippen LogP contribution in [-0.2, 0) is 0 Å². The second kappa shape index (κ2) is 5.41. The fraction of sp³-hybridized carbons (Fsp3) is 0.615. The van der Waals surface area contributed by atoms with Gasteiger partial charge in [-0.3, -0.25) is 16.3 Å². The summed E-state index contributed by atoms with van der Waals surface area (Å²) in [5.74, 6) is 7.25. The molecule has 0 bridgehead atoms. The molecule has 1 aliphatic carbocycles. The molecule has 88 valence electrons. The van der Waals surface area contributed by atoms with Crippen molar-refractivity contribution in [2.45, 2.75) is 38.6 Å². The Morgan fingerprint density at radius 1 is 1.25 bits per heavy atom. The number of rotatable bonds is 3. The number of nitrogens with zero attached hydrogens (tertiary/aromatic N) is 1. The van der Waals surface area contributed by atoms with Gasteiger partial charge in [-0.25, -0.2) is 0 Å². The van der Waals surface area contributed by atoms with Crippen molar-refractivity contribution in [3.05, 3.63) is 30.1 Å². The summed E-state index contributed by atoms with van der Waals surface area (Å²) in [6, 6.07) is 4.40. The van der Waals surface area contributed by atoms with Crippen LogP contribution in [0.4, 0.5) is 0 Å². The largest absolute Gasteiger partial charge is 0.271 e. The van der Waals surface area contributed by atoms with E-state index in [0.717, 1.165) is 5.92 Å². The molecule has 3 N–H and O–H groups in total. The van der Waals surface area contributed by atoms with Gasteiger partial charge in [-0.2, -0.15) is 0 Å². The molecule has 1 heterocycles. The van der Waals surface area contributed by atoms with Crippen molar-refractivity contribution in [1.29, 1.82) is 0 Å². The van der Waals surface area contributed by atoms with Crippen LogP contribution in [0.3, 0.4) is 0 Å². The molecule has 1 saturated carbocycles. The Morgan fingerprint density at radius 3 is 2.44 bits per heavy atom. The lowest BCUT2D eigenvalue weighted by Crippen LogP contribution is -2.35. The van der Waals surface area contributed by atoms with Crippen LogP contribution in [-0.4, -0.2) is 4.98 Å². The van der Waals surface area contributed by atoms with Gasteiger partial charge >= 0.3 is 0 Å². The number of nitrogens with one attached hydrogen (secondary N) is 1. The molecule has 0 spiro atoms. The van der Waals surface area contributed by atoms with Gasteiger partial charge in [-0.05, 0) is 42.4 Å². The molecule has 1 aromatic heterocycles. The Bertz CT molecular complexity index is 304. The van der Waals surface area contributed by atoms with Crippen LogP contribution in [0, 0.1) is 11.8 Å². The van der Waals surface area contributed by atoms with Crippen molar-refractivity contribution in [1.82, 2.24) is 10.4 Å². The summed E-state index contributed by atoms with van der Waals surface area (Å²) in [6.07, 6.45) is 8.88. The molecule has 1 atom stereocenters. The highest BCUT2D eigenvalue weighted by atomic mass is 15.2. The lowest BCUT2D eigenvalue weighted by molar-refractivity contribution is 0.232. The van der Waals surface area contributed by atoms with Gasteiger partial charge in [0.15, 0.2) is 0 Å². The predicted octanol–water partition coefficient (Wildman–Crippen LogP) is 2.41. The van der Waals surface area contributed by atoms with E-state index < -0.39 is 0 Å². The van der Waals surface area contributed by atoms with Crippen molar-refractivity contribution in [3.63, 3.8) is 0 Å². The summed E-state index contributed by atoms with van der Waals surface area (Å²) in [6.45, 7) is 2.34. The van der Waals surface area contributed by atoms with E-state index in [9.17, 15) is 0 Å². The maximum atomic E-state index is 5.70. The van der Waals surface area contributed by atoms with Crippen LogP contribution in [0.1, 0.15) is 44.2 Å². The molecule has 0 saturated heterocycles. The third kappa shape index (κ3) is 2.60. The van der Waals surface area contributed by atoms with E-state index in [-0.39, 0.29) is 6.04 Å². The summed E-state index contributed by atoms with van der Waals surface area (Å²) < 4.78 is 0. The highest BCUT2D eigenvalue weighted by Crippen LogP contribution is 2.36. The summed E-state index contributed by atoms with van der Waals surface area (Å²) in [5.41, 5.74) is 4.24. The lowest BCUT2D eigenvalue weighted by atomic mass is 9.78. The van der Waals surface area contributed by atoms with Gasteiger partial charge < -0.3 is 0 Å². The van der Waals surface area contributed by atoms with Crippen molar-refractivity contribution in [2.75, 3.05) is 0 Å². The molecule has 0 radical (unpaired) electrons. The molecule has 0 amide bonds. The number of pyridine rings is 1. The number of hydrogen-bond donors (Lipinski definition) is 2. The van der Waals surface area contributed by atoms with Gasteiger partial charge in [0.1, 0.15) is 0 Å². The third-order valence-corrected chi connectivity index (χ3v) is 3.78. The Hall–Kier alpha value is -0.930. The fourth-order valence-electron chi connectivity index (χ4n) is 2.69. The smallest absolute Gasteiger partial charge is 0.0489 e. The highest BCUT2D eigenvalue weighted by Gasteiger charge is 2.26. The molecule has 1 unspecified atom stereocenters. The third-order valence-electron chi connectivity index (χ3n) is 3.78. The van der Waals surface area contributed by atoms with E-state index in [4.69, 9.17) is 5.84 Å². The van der Waals surface area contributed by atoms with Crippen molar-refractivity contribution >= 4 is 0 Å². The van der Waals surface area contributed by atoms with E-state index in [1.807, 2.05) is 12.4 Å². The zero-order valence-electron chi connectivity index (χ0n) is 9.89. The first-order valence-electron chi connectivity index (χ1n) is 6.17. The quantitative estimate of drug-likeness (QED) is 0.606. The summed E-state index contributed by atoms with van der Waals surface area (Å²) >= 11 is 0. The summed E-state index contributed by atoms with van der Waals surface area (Å²) in [5, 5.41) is 0. The van der Waals surface area contributed by atoms with E-state index >= 15 is 0 Å². The molecular formula is C13H21N3. The first kappa shape index (κ1) is 11.6. The molecule has 0 aliphatic heterocycles. The second-order valence-electron chi connectivity index (χ2n) is 4.94. The van der Waals surface area contributed by atoms with Crippen molar-refractivity contribution < 1.29 is 0 Å². The van der Waals surface area contributed by atoms with Gasteiger partial charge in [0.25, 0.3) is 0 Å². The normalized spacial score (nSPS) is 27.6. The van der Waals surface area contributed by atoms with E-state index in [1.54, 1.807) is 0 Å². The molecule has 1 aliphatic rings. The maximum Gasteiger partial charge on any atom is 0.0489 e. The van der Waals surface area contributed by atoms with Crippen LogP contribution >= 0.6 is 0 Å². The summed E-state index contributed by atoms with van der Waals surface area (Å²) in [7, 11) is 0. The molecule has 16 heavy (non-hydrogen) atoms. The minimum Gasteiger partial charge on any atom is -0.271 e. The van der Waals surface area contributed by atoms with Crippen LogP contribution in [0.2, 0.25) is 0 Å². The van der Waals surface area contributed by atoms with Gasteiger partial charge in [0.2, 0.25) is 0 Å². The van der Waals surface area contributed by atoms with Crippen LogP contribution in [0.25, 0.3) is 0 Å². The highest BCUT2D eigenvalue weighted by molar-refractivity contribution is 5.16. The summed E-state index contributed by atoms with van der Waals surface area (Å²) in [4.78, 5) is 4.05. The SMILES string of the molecule is CC1CCC(C(NN)c2ccncc2)CC1. The number of aromatic nitrogens is 1. The zero-order chi connectivity index (χ0) is 11.4. The average molecular weight is 219 g/mol. The van der Waals surface area contributed by atoms with E-state index in [2.05, 4.69) is 29.5 Å². The molecule has 3 heteroatoms. The van der Waals surface area contributed by atoms with Crippen molar-refractivity contribution in [2.24, 2.45) is 17.7 Å². The Morgan fingerprint density at radius 2 is 1.88 bits per heavy atom. The molecule has 0 aromatic carbocycles. The number of hydrazine groups is 1. The topological polar surface area (TPSA) is 50.9 Å². The van der Waals surface area contributed by atoms with Crippen LogP contribution in [0.5, 0.6) is 0 Å². The number of nitrogens with two attached hydrogens (primary N) is 1. The predicted molar refractivity (Wildman–Crippen MR) is 65.4 cm³/mol. The molecule has 2 rings (SSSR count). The number of hydrogen-bond acceptors (Lipinski definition) is 3. The molecule has 1 fully saturated rings. The fourth-order valence-corrected chi connectivity index (χ4v) is 2.69. The Balaban J connectivity index is 2.05. The van der Waals surface area contributed by atoms with E-state index in [0.29, 0.717) is 5.92 Å². The van der Waals surface area contributed by atoms with E-state index in [1.165, 1.54) is 31.2 Å². The Labute approximate surface area is 97.4 Å². The van der Waals surface area contributed by atoms with Gasteiger partial charge in [0.05, 0.1) is 0 Å². The molecule has 1 aromatic rings. The first-order chi connectivity index (χ1) is 7.81. The van der Waals surface area contributed by atoms with Crippen LogP contribution in [0.15, 0.2) is 24.5 Å². The monoisotopic (exact) mass is 219 g/mol. The van der Waals surface area contributed by atoms with Gasteiger partial charge in [-0.15, -0.1) is 0 Å². The maximum absolute atomic E-state index is 5.70. The Kier molecular flexibility index (Phi) is 3.91. The lowest BCUT2D eigenvalue weighted by Gasteiger charge is -2.32.